The number of thiophene rings is 1. The highest BCUT2D eigenvalue weighted by Gasteiger charge is 2.12. The van der Waals surface area contributed by atoms with E-state index in [0.29, 0.717) is 0 Å². The highest BCUT2D eigenvalue weighted by atomic mass is 32.1. The highest BCUT2D eigenvalue weighted by molar-refractivity contribution is 7.12. The van der Waals surface area contributed by atoms with Crippen molar-refractivity contribution < 1.29 is 0 Å². The molecule has 0 radical (unpaired) electrons. The molecule has 0 aromatic carbocycles. The molecule has 0 saturated heterocycles. The summed E-state index contributed by atoms with van der Waals surface area (Å²) in [5, 5.41) is 0. The predicted octanol–water partition coefficient (Wildman–Crippen LogP) is 2.77. The van der Waals surface area contributed by atoms with E-state index >= 15 is 0 Å². The molecule has 1 unspecified atom stereocenters. The fourth-order valence-corrected chi connectivity index (χ4v) is 2.85. The van der Waals surface area contributed by atoms with Crippen LogP contribution in [0.5, 0.6) is 0 Å². The van der Waals surface area contributed by atoms with Gasteiger partial charge in [-0.05, 0) is 25.5 Å². The fourth-order valence-electron chi connectivity index (χ4n) is 1.90. The van der Waals surface area contributed by atoms with E-state index in [1.165, 1.54) is 9.75 Å². The van der Waals surface area contributed by atoms with E-state index < -0.39 is 0 Å². The molecule has 0 spiro atoms. The van der Waals surface area contributed by atoms with Crippen molar-refractivity contribution >= 4 is 11.3 Å². The molecule has 2 heterocycles. The Morgan fingerprint density at radius 2 is 2.24 bits per heavy atom. The zero-order valence-electron chi connectivity index (χ0n) is 10.4. The summed E-state index contributed by atoms with van der Waals surface area (Å²) in [6, 6.07) is 4.38. The van der Waals surface area contributed by atoms with Crippen molar-refractivity contribution in [2.45, 2.75) is 39.3 Å². The van der Waals surface area contributed by atoms with Crippen LogP contribution in [0.3, 0.4) is 0 Å². The number of hydrogen-bond acceptors (Lipinski definition) is 3. The first-order valence-electron chi connectivity index (χ1n) is 6.08. The summed E-state index contributed by atoms with van der Waals surface area (Å²) >= 11 is 1.81. The third kappa shape index (κ3) is 2.76. The van der Waals surface area contributed by atoms with E-state index in [1.54, 1.807) is 0 Å². The van der Waals surface area contributed by atoms with Gasteiger partial charge in [-0.1, -0.05) is 6.92 Å². The average molecular weight is 249 g/mol. The molecule has 0 aliphatic heterocycles. The smallest absolute Gasteiger partial charge is 0.110 e. The maximum atomic E-state index is 6.23. The van der Waals surface area contributed by atoms with Gasteiger partial charge < -0.3 is 10.3 Å². The molecule has 0 fully saturated rings. The first kappa shape index (κ1) is 12.3. The first-order chi connectivity index (χ1) is 8.24. The van der Waals surface area contributed by atoms with Crippen molar-refractivity contribution in [1.82, 2.24) is 9.55 Å². The van der Waals surface area contributed by atoms with Gasteiger partial charge in [0.25, 0.3) is 0 Å². The molecule has 0 aliphatic carbocycles. The van der Waals surface area contributed by atoms with Crippen molar-refractivity contribution in [3.05, 3.63) is 40.1 Å². The fraction of sp³-hybridized carbons (Fsp3) is 0.462. The number of nitrogens with zero attached hydrogens (tertiary/aromatic N) is 2. The Hall–Kier alpha value is -1.13. The van der Waals surface area contributed by atoms with Crippen LogP contribution in [0.4, 0.5) is 0 Å². The van der Waals surface area contributed by atoms with Crippen molar-refractivity contribution in [2.75, 3.05) is 0 Å². The van der Waals surface area contributed by atoms with Gasteiger partial charge >= 0.3 is 0 Å². The lowest BCUT2D eigenvalue weighted by Crippen LogP contribution is -2.15. The quantitative estimate of drug-likeness (QED) is 0.885. The van der Waals surface area contributed by atoms with Crippen LogP contribution in [0.2, 0.25) is 0 Å². The lowest BCUT2D eigenvalue weighted by Gasteiger charge is -2.10. The Bertz CT molecular complexity index is 472. The molecule has 2 aromatic rings. The second kappa shape index (κ2) is 5.47. The SMILES string of the molecule is CCc1ccc(C(N)Cc2nccn2CC)s1. The molecule has 0 saturated carbocycles. The van der Waals surface area contributed by atoms with Crippen LogP contribution < -0.4 is 5.73 Å². The van der Waals surface area contributed by atoms with Crippen LogP contribution in [0, 0.1) is 0 Å². The molecular weight excluding hydrogens is 230 g/mol. The lowest BCUT2D eigenvalue weighted by atomic mass is 10.2. The van der Waals surface area contributed by atoms with E-state index in [-0.39, 0.29) is 6.04 Å². The Morgan fingerprint density at radius 3 is 2.88 bits per heavy atom. The Balaban J connectivity index is 2.08. The molecular formula is C13H19N3S. The van der Waals surface area contributed by atoms with E-state index in [0.717, 1.165) is 25.2 Å². The van der Waals surface area contributed by atoms with Gasteiger partial charge in [-0.25, -0.2) is 4.98 Å². The predicted molar refractivity (Wildman–Crippen MR) is 72.2 cm³/mol. The number of hydrogen-bond donors (Lipinski definition) is 1. The monoisotopic (exact) mass is 249 g/mol. The van der Waals surface area contributed by atoms with Gasteiger partial charge in [-0.3, -0.25) is 0 Å². The standard InChI is InChI=1S/C13H19N3S/c1-3-10-5-6-12(17-10)11(14)9-13-15-7-8-16(13)4-2/h5-8,11H,3-4,9,14H2,1-2H3. The summed E-state index contributed by atoms with van der Waals surface area (Å²) < 4.78 is 2.15. The van der Waals surface area contributed by atoms with Crippen LogP contribution in [0.15, 0.2) is 24.5 Å². The largest absolute Gasteiger partial charge is 0.335 e. The summed E-state index contributed by atoms with van der Waals surface area (Å²) in [6.07, 6.45) is 5.75. The number of aryl methyl sites for hydroxylation is 2. The average Bonchev–Trinajstić information content (AvgIpc) is 2.96. The first-order valence-corrected chi connectivity index (χ1v) is 6.90. The molecule has 0 amide bonds. The van der Waals surface area contributed by atoms with Gasteiger partial charge in [-0.15, -0.1) is 11.3 Å². The van der Waals surface area contributed by atoms with Gasteiger partial charge in [0, 0.05) is 41.2 Å². The second-order valence-electron chi connectivity index (χ2n) is 4.10. The van der Waals surface area contributed by atoms with Crippen molar-refractivity contribution in [3.63, 3.8) is 0 Å². The zero-order chi connectivity index (χ0) is 12.3. The van der Waals surface area contributed by atoms with Crippen LogP contribution >= 0.6 is 11.3 Å². The summed E-state index contributed by atoms with van der Waals surface area (Å²) in [4.78, 5) is 7.02. The second-order valence-corrected chi connectivity index (χ2v) is 5.30. The molecule has 92 valence electrons. The zero-order valence-corrected chi connectivity index (χ0v) is 11.2. The normalized spacial score (nSPS) is 12.9. The highest BCUT2D eigenvalue weighted by Crippen LogP contribution is 2.24. The number of aromatic nitrogens is 2. The third-order valence-electron chi connectivity index (χ3n) is 2.94. The molecule has 2 rings (SSSR count). The molecule has 0 aliphatic rings. The number of imidazole rings is 1. The summed E-state index contributed by atoms with van der Waals surface area (Å²) in [6.45, 7) is 5.24. The Kier molecular flexibility index (Phi) is 3.97. The minimum atomic E-state index is 0.0630. The number of rotatable bonds is 5. The molecule has 0 bridgehead atoms. The summed E-state index contributed by atoms with van der Waals surface area (Å²) in [7, 11) is 0. The summed E-state index contributed by atoms with van der Waals surface area (Å²) in [5.74, 6) is 1.08. The van der Waals surface area contributed by atoms with E-state index in [4.69, 9.17) is 5.73 Å². The van der Waals surface area contributed by atoms with E-state index in [9.17, 15) is 0 Å². The minimum Gasteiger partial charge on any atom is -0.335 e. The molecule has 2 N–H and O–H groups in total. The Labute approximate surface area is 106 Å². The van der Waals surface area contributed by atoms with Crippen LogP contribution in [-0.2, 0) is 19.4 Å². The van der Waals surface area contributed by atoms with Gasteiger partial charge in [0.15, 0.2) is 0 Å². The van der Waals surface area contributed by atoms with Crippen molar-refractivity contribution in [1.29, 1.82) is 0 Å². The van der Waals surface area contributed by atoms with Crippen LogP contribution in [0.25, 0.3) is 0 Å². The molecule has 4 heteroatoms. The van der Waals surface area contributed by atoms with E-state index in [2.05, 4.69) is 35.5 Å². The van der Waals surface area contributed by atoms with Crippen LogP contribution in [-0.4, -0.2) is 9.55 Å². The van der Waals surface area contributed by atoms with Gasteiger partial charge in [-0.2, -0.15) is 0 Å². The van der Waals surface area contributed by atoms with Gasteiger partial charge in [0.05, 0.1) is 0 Å². The van der Waals surface area contributed by atoms with E-state index in [1.807, 2.05) is 23.7 Å². The lowest BCUT2D eigenvalue weighted by molar-refractivity contribution is 0.634. The van der Waals surface area contributed by atoms with Crippen LogP contribution in [0.1, 0.15) is 35.5 Å². The van der Waals surface area contributed by atoms with Crippen molar-refractivity contribution in [3.8, 4) is 0 Å². The minimum absolute atomic E-state index is 0.0630. The molecule has 17 heavy (non-hydrogen) atoms. The maximum Gasteiger partial charge on any atom is 0.110 e. The maximum absolute atomic E-state index is 6.23. The Morgan fingerprint density at radius 1 is 1.41 bits per heavy atom. The third-order valence-corrected chi connectivity index (χ3v) is 4.30. The topological polar surface area (TPSA) is 43.8 Å². The van der Waals surface area contributed by atoms with Gasteiger partial charge in [0.2, 0.25) is 0 Å². The van der Waals surface area contributed by atoms with Gasteiger partial charge in [0.1, 0.15) is 5.82 Å². The molecule has 2 aromatic heterocycles. The van der Waals surface area contributed by atoms with Crippen molar-refractivity contribution in [2.24, 2.45) is 5.73 Å². The number of nitrogens with two attached hydrogens (primary N) is 1. The summed E-state index contributed by atoms with van der Waals surface area (Å²) in [5.41, 5.74) is 6.23. The molecule has 3 nitrogen and oxygen atoms in total. The molecule has 1 atom stereocenters.